The van der Waals surface area contributed by atoms with Gasteiger partial charge in [-0.3, -0.25) is 4.79 Å². The number of Topliss-reactive ketones (excluding diaryl/α,β-unsaturated/α-hetero) is 1. The summed E-state index contributed by atoms with van der Waals surface area (Å²) in [5, 5.41) is 0.438. The van der Waals surface area contributed by atoms with Crippen molar-refractivity contribution in [3.63, 3.8) is 0 Å². The van der Waals surface area contributed by atoms with Crippen LogP contribution in [0.3, 0.4) is 0 Å². The van der Waals surface area contributed by atoms with E-state index in [0.717, 1.165) is 12.8 Å². The first-order valence-corrected chi connectivity index (χ1v) is 6.20. The molecule has 0 spiro atoms. The van der Waals surface area contributed by atoms with Gasteiger partial charge in [-0.2, -0.15) is 0 Å². The van der Waals surface area contributed by atoms with E-state index in [0.29, 0.717) is 16.6 Å². The molecule has 16 heavy (non-hydrogen) atoms. The van der Waals surface area contributed by atoms with Gasteiger partial charge in [0, 0.05) is 17.7 Å². The molecule has 2 rings (SSSR count). The zero-order valence-corrected chi connectivity index (χ0v) is 10.2. The van der Waals surface area contributed by atoms with Crippen molar-refractivity contribution in [1.29, 1.82) is 0 Å². The van der Waals surface area contributed by atoms with Crippen molar-refractivity contribution in [1.82, 2.24) is 4.98 Å². The van der Waals surface area contributed by atoms with E-state index in [9.17, 15) is 4.79 Å². The number of aromatic nitrogens is 1. The van der Waals surface area contributed by atoms with Crippen molar-refractivity contribution in [3.8, 4) is 0 Å². The summed E-state index contributed by atoms with van der Waals surface area (Å²) in [7, 11) is 0. The molecule has 1 saturated carbocycles. The van der Waals surface area contributed by atoms with Gasteiger partial charge >= 0.3 is 0 Å². The van der Waals surface area contributed by atoms with Crippen molar-refractivity contribution in [2.75, 3.05) is 0 Å². The number of hydrogen-bond acceptors (Lipinski definition) is 2. The molecule has 1 aliphatic rings. The van der Waals surface area contributed by atoms with E-state index in [4.69, 9.17) is 11.6 Å². The quantitative estimate of drug-likeness (QED) is 0.579. The maximum atomic E-state index is 12.2. The summed E-state index contributed by atoms with van der Waals surface area (Å²) in [6, 6.07) is 3.46. The molecule has 1 aromatic rings. The number of hydrogen-bond donors (Lipinski definition) is 0. The Morgan fingerprint density at radius 2 is 2.25 bits per heavy atom. The maximum absolute atomic E-state index is 12.2. The number of carbonyl (C=O) groups excluding carboxylic acids is 1. The third-order valence-corrected chi connectivity index (χ3v) is 3.54. The summed E-state index contributed by atoms with van der Waals surface area (Å²) in [6.45, 7) is 2.22. The predicted molar refractivity (Wildman–Crippen MR) is 64.7 cm³/mol. The Balaban J connectivity index is 2.09. The lowest BCUT2D eigenvalue weighted by molar-refractivity contribution is 0.0868. The van der Waals surface area contributed by atoms with E-state index in [-0.39, 0.29) is 11.7 Å². The molecule has 3 heteroatoms. The first-order valence-electron chi connectivity index (χ1n) is 5.82. The molecule has 0 aliphatic heterocycles. The monoisotopic (exact) mass is 237 g/mol. The third-order valence-electron chi connectivity index (χ3n) is 3.32. The average Bonchev–Trinajstić information content (AvgIpc) is 2.29. The van der Waals surface area contributed by atoms with Crippen LogP contribution in [0.1, 0.15) is 43.0 Å². The highest BCUT2D eigenvalue weighted by atomic mass is 35.5. The van der Waals surface area contributed by atoms with E-state index in [1.54, 1.807) is 18.3 Å². The molecule has 1 heterocycles. The molecule has 0 amide bonds. The van der Waals surface area contributed by atoms with E-state index in [1.165, 1.54) is 12.8 Å². The summed E-state index contributed by atoms with van der Waals surface area (Å²) in [4.78, 5) is 16.1. The number of carbonyl (C=O) groups is 1. The summed E-state index contributed by atoms with van der Waals surface area (Å²) < 4.78 is 0. The number of pyridine rings is 1. The number of nitrogens with zero attached hydrogens (tertiary/aromatic N) is 1. The lowest BCUT2D eigenvalue weighted by Crippen LogP contribution is -2.21. The van der Waals surface area contributed by atoms with Gasteiger partial charge in [0.15, 0.2) is 5.78 Å². The molecule has 1 fully saturated rings. The zero-order valence-electron chi connectivity index (χ0n) is 9.45. The van der Waals surface area contributed by atoms with Crippen molar-refractivity contribution in [3.05, 3.63) is 29.0 Å². The number of ketones is 1. The minimum Gasteiger partial charge on any atom is -0.294 e. The highest BCUT2D eigenvalue weighted by Crippen LogP contribution is 2.30. The molecule has 1 aliphatic carbocycles. The van der Waals surface area contributed by atoms with E-state index >= 15 is 0 Å². The van der Waals surface area contributed by atoms with Crippen LogP contribution in [0.15, 0.2) is 18.3 Å². The van der Waals surface area contributed by atoms with Crippen molar-refractivity contribution in [2.24, 2.45) is 11.8 Å². The molecule has 0 radical (unpaired) electrons. The van der Waals surface area contributed by atoms with Gasteiger partial charge in [-0.25, -0.2) is 4.98 Å². The summed E-state index contributed by atoms with van der Waals surface area (Å²) in [5.74, 6) is 1.09. The second-order valence-corrected chi connectivity index (χ2v) is 5.09. The summed E-state index contributed by atoms with van der Waals surface area (Å²) >= 11 is 5.70. The average molecular weight is 238 g/mol. The molecule has 2 nitrogen and oxygen atoms in total. The molecule has 0 bridgehead atoms. The standard InChI is InChI=1S/C13H16ClNO/c1-9-3-2-4-10(7-9)13(16)11-5-6-12(14)15-8-11/h5-6,8-10H,2-4,7H2,1H3. The van der Waals surface area contributed by atoms with Crippen molar-refractivity contribution < 1.29 is 4.79 Å². The fraction of sp³-hybridized carbons (Fsp3) is 0.538. The minimum atomic E-state index is 0.187. The van der Waals surface area contributed by atoms with Gasteiger partial charge in [0.2, 0.25) is 0 Å². The van der Waals surface area contributed by atoms with Crippen molar-refractivity contribution >= 4 is 17.4 Å². The maximum Gasteiger partial charge on any atom is 0.167 e. The third kappa shape index (κ3) is 2.62. The lowest BCUT2D eigenvalue weighted by Gasteiger charge is -2.25. The van der Waals surface area contributed by atoms with Gasteiger partial charge in [0.1, 0.15) is 5.15 Å². The van der Waals surface area contributed by atoms with Crippen LogP contribution in [0, 0.1) is 11.8 Å². The van der Waals surface area contributed by atoms with Crippen LogP contribution >= 0.6 is 11.6 Å². The molecule has 0 aromatic carbocycles. The van der Waals surface area contributed by atoms with Gasteiger partial charge < -0.3 is 0 Å². The Bertz CT molecular complexity index is 374. The number of rotatable bonds is 2. The first-order chi connectivity index (χ1) is 7.66. The topological polar surface area (TPSA) is 30.0 Å². The van der Waals surface area contributed by atoms with Gasteiger partial charge in [-0.15, -0.1) is 0 Å². The molecule has 1 aromatic heterocycles. The smallest absolute Gasteiger partial charge is 0.167 e. The van der Waals surface area contributed by atoms with Crippen LogP contribution in [-0.2, 0) is 0 Å². The van der Waals surface area contributed by atoms with Crippen LogP contribution in [0.5, 0.6) is 0 Å². The Morgan fingerprint density at radius 3 is 2.88 bits per heavy atom. The second kappa shape index (κ2) is 4.96. The molecular weight excluding hydrogens is 222 g/mol. The Kier molecular flexibility index (Phi) is 3.59. The minimum absolute atomic E-state index is 0.187. The van der Waals surface area contributed by atoms with E-state index in [2.05, 4.69) is 11.9 Å². The Hall–Kier alpha value is -0.890. The highest BCUT2D eigenvalue weighted by Gasteiger charge is 2.25. The Labute approximate surface area is 101 Å². The second-order valence-electron chi connectivity index (χ2n) is 4.70. The fourth-order valence-corrected chi connectivity index (χ4v) is 2.54. The van der Waals surface area contributed by atoms with Gasteiger partial charge in [-0.05, 0) is 30.9 Å². The predicted octanol–water partition coefficient (Wildman–Crippen LogP) is 3.74. The molecule has 2 unspecified atom stereocenters. The molecular formula is C13H16ClNO. The van der Waals surface area contributed by atoms with Crippen LogP contribution in [0.2, 0.25) is 5.15 Å². The lowest BCUT2D eigenvalue weighted by atomic mass is 9.79. The largest absolute Gasteiger partial charge is 0.294 e. The summed E-state index contributed by atoms with van der Waals surface area (Å²) in [5.41, 5.74) is 0.698. The Morgan fingerprint density at radius 1 is 1.44 bits per heavy atom. The van der Waals surface area contributed by atoms with Crippen LogP contribution in [0.4, 0.5) is 0 Å². The van der Waals surface area contributed by atoms with E-state index < -0.39 is 0 Å². The highest BCUT2D eigenvalue weighted by molar-refractivity contribution is 6.29. The van der Waals surface area contributed by atoms with Gasteiger partial charge in [0.25, 0.3) is 0 Å². The van der Waals surface area contributed by atoms with Crippen LogP contribution in [0.25, 0.3) is 0 Å². The number of halogens is 1. The summed E-state index contributed by atoms with van der Waals surface area (Å²) in [6.07, 6.45) is 6.04. The van der Waals surface area contributed by atoms with Crippen LogP contribution in [-0.4, -0.2) is 10.8 Å². The first kappa shape index (κ1) is 11.6. The molecule has 0 saturated heterocycles. The molecule has 86 valence electrons. The fourth-order valence-electron chi connectivity index (χ4n) is 2.43. The zero-order chi connectivity index (χ0) is 11.5. The SMILES string of the molecule is CC1CCCC(C(=O)c2ccc(Cl)nc2)C1. The van der Waals surface area contributed by atoms with E-state index in [1.807, 2.05) is 0 Å². The van der Waals surface area contributed by atoms with Gasteiger partial charge in [-0.1, -0.05) is 31.4 Å². The van der Waals surface area contributed by atoms with Crippen molar-refractivity contribution in [2.45, 2.75) is 32.6 Å². The van der Waals surface area contributed by atoms with Gasteiger partial charge in [0.05, 0.1) is 0 Å². The molecule has 0 N–H and O–H groups in total. The normalized spacial score (nSPS) is 25.4. The van der Waals surface area contributed by atoms with Crippen LogP contribution < -0.4 is 0 Å². The molecule has 2 atom stereocenters.